The van der Waals surface area contributed by atoms with Crippen molar-refractivity contribution < 1.29 is 14.3 Å². The van der Waals surface area contributed by atoms with Crippen molar-refractivity contribution in [1.82, 2.24) is 10.2 Å². The van der Waals surface area contributed by atoms with Gasteiger partial charge in [-0.2, -0.15) is 0 Å². The summed E-state index contributed by atoms with van der Waals surface area (Å²) < 4.78 is 10.6. The molecule has 0 aromatic rings. The van der Waals surface area contributed by atoms with Gasteiger partial charge in [0.25, 0.3) is 0 Å². The molecule has 0 amide bonds. The van der Waals surface area contributed by atoms with Crippen LogP contribution in [0.1, 0.15) is 40.5 Å². The molecule has 1 heterocycles. The number of hydrogen-bond donors (Lipinski definition) is 1. The van der Waals surface area contributed by atoms with Crippen molar-refractivity contribution in [3.05, 3.63) is 0 Å². The first-order chi connectivity index (χ1) is 9.41. The standard InChI is InChI=1S/C15H30N2O3/c1-6-13-11-17(9-10-20-13)8-7-15(4,14(18)19-5)16-12(2)3/h12-13,16H,6-11H2,1-5H3. The first-order valence-electron chi connectivity index (χ1n) is 7.61. The molecule has 118 valence electrons. The summed E-state index contributed by atoms with van der Waals surface area (Å²) in [7, 11) is 1.45. The third kappa shape index (κ3) is 5.04. The van der Waals surface area contributed by atoms with Crippen molar-refractivity contribution in [2.24, 2.45) is 0 Å². The van der Waals surface area contributed by atoms with Crippen LogP contribution in [0.3, 0.4) is 0 Å². The van der Waals surface area contributed by atoms with E-state index in [1.54, 1.807) is 0 Å². The number of esters is 1. The van der Waals surface area contributed by atoms with Crippen LogP contribution in [0.25, 0.3) is 0 Å². The van der Waals surface area contributed by atoms with Crippen molar-refractivity contribution in [2.45, 2.75) is 58.2 Å². The van der Waals surface area contributed by atoms with Gasteiger partial charge in [-0.3, -0.25) is 15.0 Å². The van der Waals surface area contributed by atoms with Gasteiger partial charge in [-0.15, -0.1) is 0 Å². The zero-order chi connectivity index (χ0) is 15.2. The summed E-state index contributed by atoms with van der Waals surface area (Å²) in [6, 6.07) is 0.243. The number of methoxy groups -OCH3 is 1. The molecule has 0 bridgehead atoms. The van der Waals surface area contributed by atoms with Gasteiger partial charge in [0.05, 0.1) is 19.8 Å². The number of nitrogens with zero attached hydrogens (tertiary/aromatic N) is 1. The van der Waals surface area contributed by atoms with Gasteiger partial charge in [0.15, 0.2) is 0 Å². The summed E-state index contributed by atoms with van der Waals surface area (Å²) >= 11 is 0. The molecule has 1 rings (SSSR count). The van der Waals surface area contributed by atoms with Crippen molar-refractivity contribution in [1.29, 1.82) is 0 Å². The minimum Gasteiger partial charge on any atom is -0.468 e. The summed E-state index contributed by atoms with van der Waals surface area (Å²) in [5.41, 5.74) is -0.622. The van der Waals surface area contributed by atoms with Gasteiger partial charge in [-0.1, -0.05) is 6.92 Å². The largest absolute Gasteiger partial charge is 0.468 e. The maximum Gasteiger partial charge on any atom is 0.325 e. The van der Waals surface area contributed by atoms with Crippen LogP contribution in [0.5, 0.6) is 0 Å². The molecule has 20 heavy (non-hydrogen) atoms. The maximum absolute atomic E-state index is 12.0. The maximum atomic E-state index is 12.0. The number of ether oxygens (including phenoxy) is 2. The molecule has 0 aromatic carbocycles. The van der Waals surface area contributed by atoms with Gasteiger partial charge < -0.3 is 9.47 Å². The second-order valence-corrected chi connectivity index (χ2v) is 6.07. The zero-order valence-electron chi connectivity index (χ0n) is 13.6. The second-order valence-electron chi connectivity index (χ2n) is 6.07. The second kappa shape index (κ2) is 7.96. The molecule has 1 aliphatic rings. The van der Waals surface area contributed by atoms with Gasteiger partial charge in [0.1, 0.15) is 5.54 Å². The van der Waals surface area contributed by atoms with E-state index in [4.69, 9.17) is 9.47 Å². The number of carbonyl (C=O) groups is 1. The number of hydrogen-bond acceptors (Lipinski definition) is 5. The molecule has 5 nitrogen and oxygen atoms in total. The summed E-state index contributed by atoms with van der Waals surface area (Å²) in [4.78, 5) is 14.4. The molecule has 2 atom stereocenters. The van der Waals surface area contributed by atoms with Crippen molar-refractivity contribution in [2.75, 3.05) is 33.4 Å². The van der Waals surface area contributed by atoms with Crippen LogP contribution in [0, 0.1) is 0 Å². The van der Waals surface area contributed by atoms with E-state index < -0.39 is 5.54 Å². The van der Waals surface area contributed by atoms with Crippen LogP contribution < -0.4 is 5.32 Å². The summed E-state index contributed by atoms with van der Waals surface area (Å²) in [6.07, 6.45) is 2.11. The Balaban J connectivity index is 2.55. The van der Waals surface area contributed by atoms with Crippen molar-refractivity contribution in [3.63, 3.8) is 0 Å². The minimum absolute atomic E-state index is 0.188. The molecule has 1 saturated heterocycles. The lowest BCUT2D eigenvalue weighted by molar-refractivity contribution is -0.148. The topological polar surface area (TPSA) is 50.8 Å². The van der Waals surface area contributed by atoms with E-state index in [1.807, 2.05) is 20.8 Å². The molecule has 1 fully saturated rings. The number of rotatable bonds is 7. The average molecular weight is 286 g/mol. The van der Waals surface area contributed by atoms with Gasteiger partial charge in [-0.05, 0) is 33.6 Å². The van der Waals surface area contributed by atoms with E-state index in [2.05, 4.69) is 17.1 Å². The Bertz CT molecular complexity index is 309. The van der Waals surface area contributed by atoms with Crippen molar-refractivity contribution in [3.8, 4) is 0 Å². The fourth-order valence-electron chi connectivity index (χ4n) is 2.71. The molecule has 1 aliphatic heterocycles. The normalized spacial score (nSPS) is 23.6. The molecule has 0 saturated carbocycles. The molecular formula is C15H30N2O3. The predicted octanol–water partition coefficient (Wildman–Crippen LogP) is 1.42. The Morgan fingerprint density at radius 3 is 2.80 bits per heavy atom. The van der Waals surface area contributed by atoms with E-state index in [1.165, 1.54) is 7.11 Å². The van der Waals surface area contributed by atoms with E-state index >= 15 is 0 Å². The molecule has 0 spiro atoms. The van der Waals surface area contributed by atoms with E-state index in [0.717, 1.165) is 39.1 Å². The lowest BCUT2D eigenvalue weighted by atomic mass is 9.96. The van der Waals surface area contributed by atoms with Gasteiger partial charge in [0, 0.05) is 25.7 Å². The highest BCUT2D eigenvalue weighted by Gasteiger charge is 2.35. The SMILES string of the molecule is CCC1CN(CCC(C)(NC(C)C)C(=O)OC)CCO1. The summed E-state index contributed by atoms with van der Waals surface area (Å²) in [5.74, 6) is -0.188. The highest BCUT2D eigenvalue weighted by molar-refractivity contribution is 5.80. The number of carbonyl (C=O) groups excluding carboxylic acids is 1. The van der Waals surface area contributed by atoms with E-state index in [9.17, 15) is 4.79 Å². The lowest BCUT2D eigenvalue weighted by Crippen LogP contribution is -2.55. The molecule has 0 radical (unpaired) electrons. The Hall–Kier alpha value is -0.650. The predicted molar refractivity (Wildman–Crippen MR) is 79.8 cm³/mol. The zero-order valence-corrected chi connectivity index (χ0v) is 13.6. The van der Waals surface area contributed by atoms with E-state index in [-0.39, 0.29) is 12.0 Å². The molecule has 0 aromatic heterocycles. The Morgan fingerprint density at radius 2 is 2.25 bits per heavy atom. The third-order valence-electron chi connectivity index (χ3n) is 3.85. The van der Waals surface area contributed by atoms with Crippen LogP contribution in [0.15, 0.2) is 0 Å². The first kappa shape index (κ1) is 17.4. The van der Waals surface area contributed by atoms with Crippen LogP contribution >= 0.6 is 0 Å². The summed E-state index contributed by atoms with van der Waals surface area (Å²) in [5, 5.41) is 3.34. The number of morpholine rings is 1. The average Bonchev–Trinajstić information content (AvgIpc) is 2.43. The number of nitrogens with one attached hydrogen (secondary N) is 1. The Labute approximate surface area is 123 Å². The highest BCUT2D eigenvalue weighted by atomic mass is 16.5. The van der Waals surface area contributed by atoms with Crippen molar-refractivity contribution >= 4 is 5.97 Å². The lowest BCUT2D eigenvalue weighted by Gasteiger charge is -2.36. The van der Waals surface area contributed by atoms with Crippen LogP contribution in [0.4, 0.5) is 0 Å². The van der Waals surface area contributed by atoms with Crippen LogP contribution in [-0.4, -0.2) is 61.9 Å². The van der Waals surface area contributed by atoms with Crippen LogP contribution in [-0.2, 0) is 14.3 Å². The third-order valence-corrected chi connectivity index (χ3v) is 3.85. The minimum atomic E-state index is -0.622. The highest BCUT2D eigenvalue weighted by Crippen LogP contribution is 2.16. The Morgan fingerprint density at radius 1 is 1.55 bits per heavy atom. The van der Waals surface area contributed by atoms with Gasteiger partial charge in [-0.25, -0.2) is 0 Å². The van der Waals surface area contributed by atoms with E-state index in [0.29, 0.717) is 6.10 Å². The molecule has 0 aliphatic carbocycles. The van der Waals surface area contributed by atoms with Gasteiger partial charge in [0.2, 0.25) is 0 Å². The monoisotopic (exact) mass is 286 g/mol. The molecule has 5 heteroatoms. The van der Waals surface area contributed by atoms with Crippen LogP contribution in [0.2, 0.25) is 0 Å². The summed E-state index contributed by atoms with van der Waals surface area (Å²) in [6.45, 7) is 11.7. The smallest absolute Gasteiger partial charge is 0.325 e. The van der Waals surface area contributed by atoms with Gasteiger partial charge >= 0.3 is 5.97 Å². The Kier molecular flexibility index (Phi) is 6.92. The first-order valence-corrected chi connectivity index (χ1v) is 7.61. The fraction of sp³-hybridized carbons (Fsp3) is 0.933. The quantitative estimate of drug-likeness (QED) is 0.717. The fourth-order valence-corrected chi connectivity index (χ4v) is 2.71. The molecule has 2 unspecified atom stereocenters. The molecule has 1 N–H and O–H groups in total. The molecular weight excluding hydrogens is 256 g/mol.